The third-order valence-electron chi connectivity index (χ3n) is 3.77. The van der Waals surface area contributed by atoms with Crippen LogP contribution >= 0.6 is 0 Å². The smallest absolute Gasteiger partial charge is 0.237 e. The molecule has 0 aliphatic heterocycles. The summed E-state index contributed by atoms with van der Waals surface area (Å²) >= 11 is 0. The van der Waals surface area contributed by atoms with Crippen molar-refractivity contribution in [3.63, 3.8) is 0 Å². The van der Waals surface area contributed by atoms with Crippen LogP contribution < -0.4 is 5.32 Å². The van der Waals surface area contributed by atoms with Gasteiger partial charge in [-0.3, -0.25) is 9.69 Å². The average Bonchev–Trinajstić information content (AvgIpc) is 2.80. The molecule has 0 bridgehead atoms. The maximum atomic E-state index is 12.0. The van der Waals surface area contributed by atoms with Gasteiger partial charge < -0.3 is 5.32 Å². The highest BCUT2D eigenvalue weighted by molar-refractivity contribution is 5.81. The first-order valence-electron chi connectivity index (χ1n) is 6.45. The van der Waals surface area contributed by atoms with Crippen LogP contribution in [-0.2, 0) is 4.79 Å². The number of hydrogen-bond donors (Lipinski definition) is 1. The lowest BCUT2D eigenvalue weighted by Gasteiger charge is -2.29. The van der Waals surface area contributed by atoms with Gasteiger partial charge in [0.1, 0.15) is 0 Å². The molecule has 1 fully saturated rings. The van der Waals surface area contributed by atoms with E-state index in [9.17, 15) is 4.79 Å². The SMILES string of the molecule is CC(CC#N)N(C)C(C)C(=O)NC1CCCC1. The maximum Gasteiger partial charge on any atom is 0.237 e. The zero-order valence-corrected chi connectivity index (χ0v) is 11.1. The van der Waals surface area contributed by atoms with Crippen LogP contribution in [0.1, 0.15) is 46.0 Å². The standard InChI is InChI=1S/C13H23N3O/c1-10(8-9-14)16(3)11(2)13(17)15-12-6-4-5-7-12/h10-12H,4-8H2,1-3H3,(H,15,17). The summed E-state index contributed by atoms with van der Waals surface area (Å²) in [5, 5.41) is 11.8. The first-order valence-corrected chi connectivity index (χ1v) is 6.45. The first kappa shape index (κ1) is 14.0. The van der Waals surface area contributed by atoms with Gasteiger partial charge in [0.2, 0.25) is 5.91 Å². The van der Waals surface area contributed by atoms with E-state index in [0.29, 0.717) is 12.5 Å². The molecule has 1 amide bonds. The van der Waals surface area contributed by atoms with Gasteiger partial charge in [0.15, 0.2) is 0 Å². The summed E-state index contributed by atoms with van der Waals surface area (Å²) in [5.74, 6) is 0.0872. The van der Waals surface area contributed by atoms with E-state index in [0.717, 1.165) is 12.8 Å². The molecule has 96 valence electrons. The van der Waals surface area contributed by atoms with Crippen molar-refractivity contribution in [1.82, 2.24) is 10.2 Å². The fourth-order valence-electron chi connectivity index (χ4n) is 2.23. The van der Waals surface area contributed by atoms with E-state index in [4.69, 9.17) is 5.26 Å². The molecule has 2 atom stereocenters. The van der Waals surface area contributed by atoms with Crippen molar-refractivity contribution < 1.29 is 4.79 Å². The molecule has 0 aromatic carbocycles. The molecule has 0 aromatic heterocycles. The molecule has 0 aromatic rings. The molecule has 1 aliphatic rings. The Morgan fingerprint density at radius 3 is 2.59 bits per heavy atom. The number of likely N-dealkylation sites (N-methyl/N-ethyl adjacent to an activating group) is 1. The summed E-state index contributed by atoms with van der Waals surface area (Å²) in [5.41, 5.74) is 0. The fraction of sp³-hybridized carbons (Fsp3) is 0.846. The number of nitrogens with zero attached hydrogens (tertiary/aromatic N) is 2. The van der Waals surface area contributed by atoms with E-state index in [-0.39, 0.29) is 18.0 Å². The van der Waals surface area contributed by atoms with Crippen molar-refractivity contribution in [3.05, 3.63) is 0 Å². The normalized spacial score (nSPS) is 19.9. The minimum Gasteiger partial charge on any atom is -0.352 e. The molecule has 0 saturated heterocycles. The van der Waals surface area contributed by atoms with Crippen LogP contribution in [0.3, 0.4) is 0 Å². The average molecular weight is 237 g/mol. The van der Waals surface area contributed by atoms with Crippen molar-refractivity contribution in [3.8, 4) is 6.07 Å². The van der Waals surface area contributed by atoms with Gasteiger partial charge in [-0.2, -0.15) is 5.26 Å². The molecular formula is C13H23N3O. The van der Waals surface area contributed by atoms with Gasteiger partial charge >= 0.3 is 0 Å². The Labute approximate surface area is 104 Å². The number of nitriles is 1. The second kappa shape index (κ2) is 6.61. The van der Waals surface area contributed by atoms with Gasteiger partial charge in [0.05, 0.1) is 18.5 Å². The first-order chi connectivity index (χ1) is 8.06. The predicted molar refractivity (Wildman–Crippen MR) is 67.3 cm³/mol. The van der Waals surface area contributed by atoms with Gasteiger partial charge in [0.25, 0.3) is 0 Å². The number of carbonyl (C=O) groups is 1. The third kappa shape index (κ3) is 4.01. The largest absolute Gasteiger partial charge is 0.352 e. The molecule has 1 N–H and O–H groups in total. The monoisotopic (exact) mass is 237 g/mol. The lowest BCUT2D eigenvalue weighted by molar-refractivity contribution is -0.126. The highest BCUT2D eigenvalue weighted by atomic mass is 16.2. The quantitative estimate of drug-likeness (QED) is 0.791. The van der Waals surface area contributed by atoms with Crippen molar-refractivity contribution in [2.75, 3.05) is 7.05 Å². The summed E-state index contributed by atoms with van der Waals surface area (Å²) in [6.45, 7) is 3.88. The Morgan fingerprint density at radius 2 is 2.06 bits per heavy atom. The third-order valence-corrected chi connectivity index (χ3v) is 3.77. The minimum atomic E-state index is -0.168. The number of carbonyl (C=O) groups excluding carboxylic acids is 1. The van der Waals surface area contributed by atoms with E-state index >= 15 is 0 Å². The van der Waals surface area contributed by atoms with E-state index in [1.165, 1.54) is 12.8 Å². The van der Waals surface area contributed by atoms with Crippen LogP contribution in [0.4, 0.5) is 0 Å². The second-order valence-electron chi connectivity index (χ2n) is 5.04. The van der Waals surface area contributed by atoms with Crippen molar-refractivity contribution in [1.29, 1.82) is 5.26 Å². The van der Waals surface area contributed by atoms with Crippen LogP contribution in [0.5, 0.6) is 0 Å². The van der Waals surface area contributed by atoms with Crippen molar-refractivity contribution in [2.45, 2.75) is 64.1 Å². The molecule has 4 heteroatoms. The van der Waals surface area contributed by atoms with Gasteiger partial charge in [-0.1, -0.05) is 12.8 Å². The second-order valence-corrected chi connectivity index (χ2v) is 5.04. The summed E-state index contributed by atoms with van der Waals surface area (Å²) in [4.78, 5) is 14.0. The number of hydrogen-bond acceptors (Lipinski definition) is 3. The van der Waals surface area contributed by atoms with Gasteiger partial charge in [-0.25, -0.2) is 0 Å². The number of amides is 1. The van der Waals surface area contributed by atoms with E-state index in [1.54, 1.807) is 0 Å². The maximum absolute atomic E-state index is 12.0. The van der Waals surface area contributed by atoms with Gasteiger partial charge in [0, 0.05) is 12.1 Å². The van der Waals surface area contributed by atoms with Crippen LogP contribution in [0.25, 0.3) is 0 Å². The molecule has 4 nitrogen and oxygen atoms in total. The molecule has 2 unspecified atom stereocenters. The lowest BCUT2D eigenvalue weighted by Crippen LogP contribution is -2.48. The molecule has 1 aliphatic carbocycles. The summed E-state index contributed by atoms with van der Waals surface area (Å²) in [6, 6.07) is 2.45. The zero-order valence-electron chi connectivity index (χ0n) is 11.1. The van der Waals surface area contributed by atoms with Crippen molar-refractivity contribution >= 4 is 5.91 Å². The van der Waals surface area contributed by atoms with Crippen LogP contribution in [0.2, 0.25) is 0 Å². The van der Waals surface area contributed by atoms with Crippen molar-refractivity contribution in [2.24, 2.45) is 0 Å². The van der Waals surface area contributed by atoms with Gasteiger partial charge in [-0.05, 0) is 33.7 Å². The topological polar surface area (TPSA) is 56.1 Å². The molecular weight excluding hydrogens is 214 g/mol. The molecule has 0 heterocycles. The Hall–Kier alpha value is -1.08. The van der Waals surface area contributed by atoms with E-state index in [2.05, 4.69) is 11.4 Å². The molecule has 0 spiro atoms. The number of rotatable bonds is 5. The Balaban J connectivity index is 2.42. The predicted octanol–water partition coefficient (Wildman–Crippen LogP) is 1.67. The van der Waals surface area contributed by atoms with Crippen LogP contribution in [-0.4, -0.2) is 36.0 Å². The Bertz CT molecular complexity index is 292. The van der Waals surface area contributed by atoms with Crippen LogP contribution in [0, 0.1) is 11.3 Å². The summed E-state index contributed by atoms with van der Waals surface area (Å²) in [6.07, 6.45) is 5.11. The summed E-state index contributed by atoms with van der Waals surface area (Å²) in [7, 11) is 1.90. The fourth-order valence-corrected chi connectivity index (χ4v) is 2.23. The zero-order chi connectivity index (χ0) is 12.8. The number of nitrogens with one attached hydrogen (secondary N) is 1. The molecule has 1 rings (SSSR count). The van der Waals surface area contributed by atoms with E-state index < -0.39 is 0 Å². The lowest BCUT2D eigenvalue weighted by atomic mass is 10.1. The molecule has 0 radical (unpaired) electrons. The Kier molecular flexibility index (Phi) is 5.43. The minimum absolute atomic E-state index is 0.0872. The molecule has 1 saturated carbocycles. The van der Waals surface area contributed by atoms with Gasteiger partial charge in [-0.15, -0.1) is 0 Å². The summed E-state index contributed by atoms with van der Waals surface area (Å²) < 4.78 is 0. The molecule has 17 heavy (non-hydrogen) atoms. The highest BCUT2D eigenvalue weighted by Gasteiger charge is 2.25. The van der Waals surface area contributed by atoms with E-state index in [1.807, 2.05) is 25.8 Å². The Morgan fingerprint density at radius 1 is 1.47 bits per heavy atom. The van der Waals surface area contributed by atoms with Crippen LogP contribution in [0.15, 0.2) is 0 Å². The highest BCUT2D eigenvalue weighted by Crippen LogP contribution is 2.18.